The first kappa shape index (κ1) is 14.9. The molecule has 2 aromatic carbocycles. The van der Waals surface area contributed by atoms with Crippen LogP contribution in [0.4, 0.5) is 0 Å². The second kappa shape index (κ2) is 7.29. The van der Waals surface area contributed by atoms with E-state index < -0.39 is 0 Å². The summed E-state index contributed by atoms with van der Waals surface area (Å²) in [5.41, 5.74) is 3.20. The third-order valence-electron chi connectivity index (χ3n) is 3.06. The lowest BCUT2D eigenvalue weighted by molar-refractivity contribution is -0.137. The monoisotopic (exact) mass is 282 g/mol. The van der Waals surface area contributed by atoms with Gasteiger partial charge in [0.15, 0.2) is 0 Å². The predicted octanol–water partition coefficient (Wildman–Crippen LogP) is 3.50. The van der Waals surface area contributed by atoms with Gasteiger partial charge < -0.3 is 9.84 Å². The van der Waals surface area contributed by atoms with Gasteiger partial charge in [-0.3, -0.25) is 0 Å². The number of hydrogen-bond donors (Lipinski definition) is 1. The van der Waals surface area contributed by atoms with Crippen molar-refractivity contribution in [2.24, 2.45) is 0 Å². The zero-order valence-electron chi connectivity index (χ0n) is 12.0. The number of esters is 1. The Morgan fingerprint density at radius 3 is 2.43 bits per heavy atom. The molecule has 0 fully saturated rings. The van der Waals surface area contributed by atoms with Gasteiger partial charge in [-0.15, -0.1) is 0 Å². The Hall–Kier alpha value is -2.55. The summed E-state index contributed by atoms with van der Waals surface area (Å²) in [4.78, 5) is 11.6. The summed E-state index contributed by atoms with van der Waals surface area (Å²) in [6.07, 6.45) is 3.76. The molecule has 108 valence electrons. The van der Waals surface area contributed by atoms with Gasteiger partial charge >= 0.3 is 5.97 Å². The number of ether oxygens (including phenoxy) is 1. The van der Waals surface area contributed by atoms with Crippen LogP contribution in [0.1, 0.15) is 16.7 Å². The van der Waals surface area contributed by atoms with Crippen molar-refractivity contribution in [2.75, 3.05) is 6.61 Å². The van der Waals surface area contributed by atoms with E-state index in [1.54, 1.807) is 30.3 Å². The topological polar surface area (TPSA) is 46.5 Å². The van der Waals surface area contributed by atoms with Crippen molar-refractivity contribution in [2.45, 2.75) is 13.3 Å². The van der Waals surface area contributed by atoms with Gasteiger partial charge in [-0.25, -0.2) is 4.79 Å². The maximum Gasteiger partial charge on any atom is 0.330 e. The van der Waals surface area contributed by atoms with Crippen LogP contribution in [0.2, 0.25) is 0 Å². The highest BCUT2D eigenvalue weighted by atomic mass is 16.5. The fourth-order valence-corrected chi connectivity index (χ4v) is 1.82. The van der Waals surface area contributed by atoms with Crippen molar-refractivity contribution in [1.82, 2.24) is 0 Å². The smallest absolute Gasteiger partial charge is 0.330 e. The predicted molar refractivity (Wildman–Crippen MR) is 83.0 cm³/mol. The lowest BCUT2D eigenvalue weighted by Crippen LogP contribution is -2.04. The van der Waals surface area contributed by atoms with Gasteiger partial charge in [0.25, 0.3) is 0 Å². The number of aryl methyl sites for hydroxylation is 1. The second-order valence-electron chi connectivity index (χ2n) is 4.83. The molecule has 3 nitrogen and oxygen atoms in total. The van der Waals surface area contributed by atoms with E-state index in [0.717, 1.165) is 11.1 Å². The number of phenolic OH excluding ortho intramolecular Hbond substituents is 1. The Labute approximate surface area is 124 Å². The molecule has 0 aromatic heterocycles. The molecule has 0 aliphatic carbocycles. The fraction of sp³-hybridized carbons (Fsp3) is 0.167. The first-order chi connectivity index (χ1) is 10.1. The standard InChI is InChI=1S/C18H18O3/c1-14-2-4-16(5-3-14)12-13-21-18(20)11-8-15-6-9-17(19)10-7-15/h2-11,19H,12-13H2,1H3/b11-8+. The number of aromatic hydroxyl groups is 1. The minimum atomic E-state index is -0.366. The summed E-state index contributed by atoms with van der Waals surface area (Å²) in [5.74, 6) is -0.164. The minimum absolute atomic E-state index is 0.202. The Balaban J connectivity index is 1.77. The molecular weight excluding hydrogens is 264 g/mol. The summed E-state index contributed by atoms with van der Waals surface area (Å²) in [6, 6.07) is 14.8. The fourth-order valence-electron chi connectivity index (χ4n) is 1.82. The van der Waals surface area contributed by atoms with Crippen molar-refractivity contribution in [1.29, 1.82) is 0 Å². The van der Waals surface area contributed by atoms with E-state index in [4.69, 9.17) is 9.84 Å². The van der Waals surface area contributed by atoms with E-state index >= 15 is 0 Å². The molecule has 0 amide bonds. The van der Waals surface area contributed by atoms with Gasteiger partial charge in [-0.1, -0.05) is 42.0 Å². The van der Waals surface area contributed by atoms with Crippen LogP contribution in [-0.4, -0.2) is 17.7 Å². The largest absolute Gasteiger partial charge is 0.508 e. The normalized spacial score (nSPS) is 10.7. The van der Waals surface area contributed by atoms with Gasteiger partial charge in [0.1, 0.15) is 5.75 Å². The third-order valence-corrected chi connectivity index (χ3v) is 3.06. The molecule has 0 aliphatic heterocycles. The van der Waals surface area contributed by atoms with Crippen LogP contribution < -0.4 is 0 Å². The summed E-state index contributed by atoms with van der Waals surface area (Å²) in [5, 5.41) is 9.16. The first-order valence-electron chi connectivity index (χ1n) is 6.83. The molecule has 21 heavy (non-hydrogen) atoms. The van der Waals surface area contributed by atoms with Crippen LogP contribution in [0, 0.1) is 6.92 Å². The highest BCUT2D eigenvalue weighted by Crippen LogP contribution is 2.10. The number of hydrogen-bond acceptors (Lipinski definition) is 3. The van der Waals surface area contributed by atoms with Crippen molar-refractivity contribution >= 4 is 12.0 Å². The van der Waals surface area contributed by atoms with E-state index in [0.29, 0.717) is 13.0 Å². The number of carbonyl (C=O) groups is 1. The average molecular weight is 282 g/mol. The van der Waals surface area contributed by atoms with E-state index in [1.807, 2.05) is 31.2 Å². The Kier molecular flexibility index (Phi) is 5.16. The lowest BCUT2D eigenvalue weighted by atomic mass is 10.1. The van der Waals surface area contributed by atoms with E-state index in [2.05, 4.69) is 0 Å². The Morgan fingerprint density at radius 1 is 1.10 bits per heavy atom. The van der Waals surface area contributed by atoms with Crippen LogP contribution in [0.3, 0.4) is 0 Å². The van der Waals surface area contributed by atoms with Crippen LogP contribution in [0.15, 0.2) is 54.6 Å². The van der Waals surface area contributed by atoms with Crippen molar-refractivity contribution < 1.29 is 14.6 Å². The highest BCUT2D eigenvalue weighted by Gasteiger charge is 1.98. The molecule has 3 heteroatoms. The molecule has 2 aromatic rings. The van der Waals surface area contributed by atoms with Crippen molar-refractivity contribution in [3.63, 3.8) is 0 Å². The molecule has 2 rings (SSSR count). The maximum atomic E-state index is 11.6. The molecule has 0 aliphatic rings. The molecule has 0 saturated heterocycles. The Bertz CT molecular complexity index is 610. The van der Waals surface area contributed by atoms with Gasteiger partial charge in [0, 0.05) is 12.5 Å². The number of rotatable bonds is 5. The van der Waals surface area contributed by atoms with E-state index in [1.165, 1.54) is 11.6 Å². The van der Waals surface area contributed by atoms with Gasteiger partial charge in [0.2, 0.25) is 0 Å². The minimum Gasteiger partial charge on any atom is -0.508 e. The van der Waals surface area contributed by atoms with E-state index in [9.17, 15) is 4.79 Å². The average Bonchev–Trinajstić information content (AvgIpc) is 2.49. The molecule has 0 bridgehead atoms. The molecule has 0 unspecified atom stereocenters. The summed E-state index contributed by atoms with van der Waals surface area (Å²) in [6.45, 7) is 2.40. The quantitative estimate of drug-likeness (QED) is 0.674. The summed E-state index contributed by atoms with van der Waals surface area (Å²) in [7, 11) is 0. The van der Waals surface area contributed by atoms with Crippen LogP contribution in [0.5, 0.6) is 5.75 Å². The molecule has 0 saturated carbocycles. The van der Waals surface area contributed by atoms with Gasteiger partial charge in [0.05, 0.1) is 6.61 Å². The zero-order valence-corrected chi connectivity index (χ0v) is 12.0. The van der Waals surface area contributed by atoms with E-state index in [-0.39, 0.29) is 11.7 Å². The third kappa shape index (κ3) is 5.15. The zero-order chi connectivity index (χ0) is 15.1. The van der Waals surface area contributed by atoms with Gasteiger partial charge in [-0.05, 0) is 36.3 Å². The summed E-state index contributed by atoms with van der Waals surface area (Å²) >= 11 is 0. The van der Waals surface area contributed by atoms with Crippen LogP contribution in [0.25, 0.3) is 6.08 Å². The number of phenols is 1. The van der Waals surface area contributed by atoms with Crippen LogP contribution in [-0.2, 0) is 16.0 Å². The maximum absolute atomic E-state index is 11.6. The number of carbonyl (C=O) groups excluding carboxylic acids is 1. The first-order valence-corrected chi connectivity index (χ1v) is 6.83. The van der Waals surface area contributed by atoms with Crippen molar-refractivity contribution in [3.8, 4) is 5.75 Å². The molecular formula is C18H18O3. The molecule has 0 spiro atoms. The number of benzene rings is 2. The van der Waals surface area contributed by atoms with Crippen molar-refractivity contribution in [3.05, 3.63) is 71.3 Å². The highest BCUT2D eigenvalue weighted by molar-refractivity contribution is 5.87. The molecule has 0 radical (unpaired) electrons. The molecule has 0 atom stereocenters. The summed E-state index contributed by atoms with van der Waals surface area (Å²) < 4.78 is 5.15. The molecule has 0 heterocycles. The SMILES string of the molecule is Cc1ccc(CCOC(=O)/C=C/c2ccc(O)cc2)cc1. The second-order valence-corrected chi connectivity index (χ2v) is 4.83. The van der Waals surface area contributed by atoms with Crippen LogP contribution >= 0.6 is 0 Å². The van der Waals surface area contributed by atoms with Gasteiger partial charge in [-0.2, -0.15) is 0 Å². The Morgan fingerprint density at radius 2 is 1.76 bits per heavy atom. The lowest BCUT2D eigenvalue weighted by Gasteiger charge is -2.03. The molecule has 1 N–H and O–H groups in total.